The lowest BCUT2D eigenvalue weighted by Crippen LogP contribution is -2.24. The second-order valence-electron chi connectivity index (χ2n) is 8.54. The minimum absolute atomic E-state index is 0.0674. The number of aromatic nitrogens is 2. The fraction of sp³-hybridized carbons (Fsp3) is 0.185. The summed E-state index contributed by atoms with van der Waals surface area (Å²) in [5.74, 6) is 0.484. The molecule has 7 nitrogen and oxygen atoms in total. The van der Waals surface area contributed by atoms with Gasteiger partial charge in [0.25, 0.3) is 15.9 Å². The number of para-hydroxylation sites is 1. The molecule has 1 heterocycles. The van der Waals surface area contributed by atoms with E-state index in [0.29, 0.717) is 11.3 Å². The highest BCUT2D eigenvalue weighted by Crippen LogP contribution is 2.23. The Kier molecular flexibility index (Phi) is 6.75. The molecule has 0 aliphatic heterocycles. The first-order valence-electron chi connectivity index (χ1n) is 11.2. The van der Waals surface area contributed by atoms with Crippen LogP contribution in [0.2, 0.25) is 0 Å². The van der Waals surface area contributed by atoms with Crippen LogP contribution in [0.25, 0.3) is 5.69 Å². The van der Waals surface area contributed by atoms with Crippen molar-refractivity contribution in [1.82, 2.24) is 14.9 Å². The van der Waals surface area contributed by atoms with Crippen molar-refractivity contribution in [2.45, 2.75) is 39.1 Å². The second-order valence-corrected chi connectivity index (χ2v) is 10.2. The summed E-state index contributed by atoms with van der Waals surface area (Å²) >= 11 is 0. The first kappa shape index (κ1) is 24.2. The molecule has 3 aromatic carbocycles. The molecular formula is C27H28N4O3S. The summed E-state index contributed by atoms with van der Waals surface area (Å²) < 4.78 is 30.8. The number of aryl methyl sites for hydroxylation is 4. The van der Waals surface area contributed by atoms with Gasteiger partial charge in [0.2, 0.25) is 0 Å². The molecule has 4 aromatic rings. The Labute approximate surface area is 205 Å². The number of benzene rings is 3. The molecule has 8 heteroatoms. The van der Waals surface area contributed by atoms with E-state index in [1.807, 2.05) is 61.9 Å². The average molecular weight is 489 g/mol. The third kappa shape index (κ3) is 5.27. The Hall–Kier alpha value is -3.91. The van der Waals surface area contributed by atoms with E-state index >= 15 is 0 Å². The molecule has 0 aliphatic carbocycles. The number of anilines is 1. The lowest BCUT2D eigenvalue weighted by atomic mass is 10.1. The van der Waals surface area contributed by atoms with Gasteiger partial charge in [0.1, 0.15) is 5.82 Å². The third-order valence-corrected chi connectivity index (χ3v) is 7.54. The first-order chi connectivity index (χ1) is 16.7. The SMILES string of the molecule is Cc1ccc(NS(=O)(=O)c2cc(C(=O)NCc3ccccc3-n3ccnc3C)ccc2C)cc1C. The topological polar surface area (TPSA) is 93.1 Å². The van der Waals surface area contributed by atoms with Gasteiger partial charge in [-0.15, -0.1) is 0 Å². The van der Waals surface area contributed by atoms with Crippen LogP contribution in [0.4, 0.5) is 5.69 Å². The Morgan fingerprint density at radius 1 is 0.914 bits per heavy atom. The van der Waals surface area contributed by atoms with Crippen LogP contribution in [0.1, 0.15) is 38.4 Å². The number of sulfonamides is 1. The predicted molar refractivity (Wildman–Crippen MR) is 137 cm³/mol. The zero-order valence-electron chi connectivity index (χ0n) is 20.2. The van der Waals surface area contributed by atoms with E-state index in [4.69, 9.17) is 0 Å². The molecular weight excluding hydrogens is 460 g/mol. The molecule has 0 radical (unpaired) electrons. The number of hydrogen-bond donors (Lipinski definition) is 2. The minimum atomic E-state index is -3.88. The van der Waals surface area contributed by atoms with Gasteiger partial charge < -0.3 is 9.88 Å². The van der Waals surface area contributed by atoms with Crippen LogP contribution in [0.15, 0.2) is 78.0 Å². The maximum Gasteiger partial charge on any atom is 0.262 e. The Balaban J connectivity index is 1.55. The summed E-state index contributed by atoms with van der Waals surface area (Å²) in [6.45, 7) is 7.80. The smallest absolute Gasteiger partial charge is 0.262 e. The van der Waals surface area contributed by atoms with Crippen LogP contribution in [-0.2, 0) is 16.6 Å². The van der Waals surface area contributed by atoms with Crippen molar-refractivity contribution in [3.05, 3.63) is 107 Å². The van der Waals surface area contributed by atoms with Gasteiger partial charge in [-0.2, -0.15) is 0 Å². The third-order valence-electron chi connectivity index (χ3n) is 6.02. The molecule has 0 saturated carbocycles. The van der Waals surface area contributed by atoms with E-state index < -0.39 is 10.0 Å². The molecule has 1 aromatic heterocycles. The average Bonchev–Trinajstić information content (AvgIpc) is 3.25. The van der Waals surface area contributed by atoms with Crippen LogP contribution >= 0.6 is 0 Å². The highest BCUT2D eigenvalue weighted by Gasteiger charge is 2.20. The molecule has 0 saturated heterocycles. The van der Waals surface area contributed by atoms with Crippen molar-refractivity contribution in [3.63, 3.8) is 0 Å². The van der Waals surface area contributed by atoms with Crippen LogP contribution in [0, 0.1) is 27.7 Å². The highest BCUT2D eigenvalue weighted by molar-refractivity contribution is 7.92. The molecule has 0 spiro atoms. The number of imidazole rings is 1. The lowest BCUT2D eigenvalue weighted by Gasteiger charge is -2.14. The molecule has 0 bridgehead atoms. The zero-order valence-corrected chi connectivity index (χ0v) is 21.0. The van der Waals surface area contributed by atoms with Gasteiger partial charge in [0.15, 0.2) is 0 Å². The highest BCUT2D eigenvalue weighted by atomic mass is 32.2. The van der Waals surface area contributed by atoms with Crippen molar-refractivity contribution in [1.29, 1.82) is 0 Å². The van der Waals surface area contributed by atoms with Crippen LogP contribution in [0.3, 0.4) is 0 Å². The van der Waals surface area contributed by atoms with Crippen LogP contribution < -0.4 is 10.0 Å². The monoisotopic (exact) mass is 488 g/mol. The van der Waals surface area contributed by atoms with Gasteiger partial charge in [-0.1, -0.05) is 30.3 Å². The predicted octanol–water partition coefficient (Wildman–Crippen LogP) is 4.84. The van der Waals surface area contributed by atoms with Crippen molar-refractivity contribution in [2.24, 2.45) is 0 Å². The number of rotatable bonds is 7. The van der Waals surface area contributed by atoms with Crippen LogP contribution in [-0.4, -0.2) is 23.9 Å². The molecule has 0 atom stereocenters. The van der Waals surface area contributed by atoms with Crippen LogP contribution in [0.5, 0.6) is 0 Å². The fourth-order valence-corrected chi connectivity index (χ4v) is 5.17. The molecule has 0 fully saturated rings. The molecule has 2 N–H and O–H groups in total. The van der Waals surface area contributed by atoms with E-state index in [1.54, 1.807) is 37.4 Å². The van der Waals surface area contributed by atoms with E-state index in [9.17, 15) is 13.2 Å². The van der Waals surface area contributed by atoms with Gasteiger partial charge in [-0.05, 0) is 80.3 Å². The van der Waals surface area contributed by atoms with Gasteiger partial charge in [0, 0.05) is 30.2 Å². The maximum absolute atomic E-state index is 13.1. The summed E-state index contributed by atoms with van der Waals surface area (Å²) in [4.78, 5) is 17.3. The van der Waals surface area contributed by atoms with Crippen molar-refractivity contribution in [3.8, 4) is 5.69 Å². The zero-order chi connectivity index (χ0) is 25.2. The number of carbonyl (C=O) groups is 1. The number of nitrogens with zero attached hydrogens (tertiary/aromatic N) is 2. The second kappa shape index (κ2) is 9.76. The number of amides is 1. The number of hydrogen-bond acceptors (Lipinski definition) is 4. The first-order valence-corrected chi connectivity index (χ1v) is 12.7. The Morgan fingerprint density at radius 2 is 1.66 bits per heavy atom. The quantitative estimate of drug-likeness (QED) is 0.389. The van der Waals surface area contributed by atoms with E-state index in [0.717, 1.165) is 28.2 Å². The molecule has 35 heavy (non-hydrogen) atoms. The fourth-order valence-electron chi connectivity index (χ4n) is 3.85. The number of carbonyl (C=O) groups excluding carboxylic acids is 1. The van der Waals surface area contributed by atoms with E-state index in [2.05, 4.69) is 15.0 Å². The van der Waals surface area contributed by atoms with Crippen molar-refractivity contribution < 1.29 is 13.2 Å². The summed E-state index contributed by atoms with van der Waals surface area (Å²) in [7, 11) is -3.88. The van der Waals surface area contributed by atoms with Gasteiger partial charge in [0.05, 0.1) is 10.6 Å². The molecule has 0 aliphatic rings. The Bertz CT molecular complexity index is 1510. The van der Waals surface area contributed by atoms with E-state index in [1.165, 1.54) is 6.07 Å². The molecule has 0 unspecified atom stereocenters. The van der Waals surface area contributed by atoms with Gasteiger partial charge in [-0.25, -0.2) is 13.4 Å². The summed E-state index contributed by atoms with van der Waals surface area (Å²) in [6, 6.07) is 17.8. The number of nitrogens with one attached hydrogen (secondary N) is 2. The van der Waals surface area contributed by atoms with Crippen molar-refractivity contribution in [2.75, 3.05) is 4.72 Å². The summed E-state index contributed by atoms with van der Waals surface area (Å²) in [5, 5.41) is 2.91. The molecule has 1 amide bonds. The summed E-state index contributed by atoms with van der Waals surface area (Å²) in [6.07, 6.45) is 3.60. The lowest BCUT2D eigenvalue weighted by molar-refractivity contribution is 0.0950. The van der Waals surface area contributed by atoms with Gasteiger partial charge in [-0.3, -0.25) is 9.52 Å². The van der Waals surface area contributed by atoms with Gasteiger partial charge >= 0.3 is 0 Å². The van der Waals surface area contributed by atoms with Crippen molar-refractivity contribution >= 4 is 21.6 Å². The summed E-state index contributed by atoms with van der Waals surface area (Å²) in [5.41, 5.74) is 5.21. The molecule has 4 rings (SSSR count). The maximum atomic E-state index is 13.1. The Morgan fingerprint density at radius 3 is 2.37 bits per heavy atom. The largest absolute Gasteiger partial charge is 0.348 e. The minimum Gasteiger partial charge on any atom is -0.348 e. The van der Waals surface area contributed by atoms with E-state index in [-0.39, 0.29) is 22.9 Å². The standard InChI is InChI=1S/C27H28N4O3S/c1-18-10-12-24(15-20(18)3)30-35(33,34)26-16-22(11-9-19(26)2)27(32)29-17-23-7-5-6-8-25(23)31-14-13-28-21(31)4/h5-16,30H,17H2,1-4H3,(H,29,32). The normalized spacial score (nSPS) is 11.3. The molecule has 180 valence electrons.